The number of thioether (sulfide) groups is 1. The van der Waals surface area contributed by atoms with Gasteiger partial charge < -0.3 is 5.32 Å². The van der Waals surface area contributed by atoms with E-state index in [1.165, 1.54) is 11.0 Å². The Morgan fingerprint density at radius 2 is 1.57 bits per heavy atom. The molecule has 6 nitrogen and oxygen atoms in total. The second kappa shape index (κ2) is 10.5. The molecule has 178 valence electrons. The average molecular weight is 486 g/mol. The highest BCUT2D eigenvalue weighted by Crippen LogP contribution is 2.26. The van der Waals surface area contributed by atoms with Gasteiger partial charge in [-0.05, 0) is 41.8 Å². The Balaban J connectivity index is 1.29. The van der Waals surface area contributed by atoms with Crippen LogP contribution in [0.5, 0.6) is 0 Å². The Morgan fingerprint density at radius 3 is 2.37 bits per heavy atom. The average Bonchev–Trinajstić information content (AvgIpc) is 3.13. The zero-order valence-corrected chi connectivity index (χ0v) is 20.2. The first-order valence-corrected chi connectivity index (χ1v) is 13.0. The Morgan fingerprint density at radius 1 is 0.857 bits per heavy atom. The van der Waals surface area contributed by atoms with Gasteiger partial charge >= 0.3 is 0 Å². The van der Waals surface area contributed by atoms with Crippen molar-refractivity contribution in [3.05, 3.63) is 101 Å². The van der Waals surface area contributed by atoms with Gasteiger partial charge in [-0.2, -0.15) is 11.8 Å². The second-order valence-electron chi connectivity index (χ2n) is 8.76. The Hall–Kier alpha value is -3.42. The van der Waals surface area contributed by atoms with Crippen molar-refractivity contribution in [2.24, 2.45) is 0 Å². The summed E-state index contributed by atoms with van der Waals surface area (Å²) in [6.07, 6.45) is 0.589. The summed E-state index contributed by atoms with van der Waals surface area (Å²) in [4.78, 5) is 42.6. The van der Waals surface area contributed by atoms with Gasteiger partial charge in [0, 0.05) is 48.9 Å². The number of benzene rings is 3. The van der Waals surface area contributed by atoms with Crippen molar-refractivity contribution in [2.45, 2.75) is 13.0 Å². The summed E-state index contributed by atoms with van der Waals surface area (Å²) in [5, 5.41) is 3.01. The fourth-order valence-corrected chi connectivity index (χ4v) is 5.47. The Kier molecular flexibility index (Phi) is 6.97. The zero-order chi connectivity index (χ0) is 24.2. The van der Waals surface area contributed by atoms with Gasteiger partial charge in [-0.3, -0.25) is 24.2 Å². The van der Waals surface area contributed by atoms with Gasteiger partial charge in [0.15, 0.2) is 0 Å². The van der Waals surface area contributed by atoms with Crippen molar-refractivity contribution in [3.8, 4) is 0 Å². The number of para-hydroxylation sites is 1. The van der Waals surface area contributed by atoms with Crippen molar-refractivity contribution in [1.29, 1.82) is 0 Å². The number of imide groups is 1. The van der Waals surface area contributed by atoms with Crippen molar-refractivity contribution in [3.63, 3.8) is 0 Å². The van der Waals surface area contributed by atoms with E-state index in [-0.39, 0.29) is 23.3 Å². The van der Waals surface area contributed by atoms with Crippen LogP contribution in [-0.2, 0) is 13.0 Å². The molecule has 3 aromatic rings. The first-order chi connectivity index (χ1) is 17.1. The third-order valence-electron chi connectivity index (χ3n) is 6.46. The molecule has 0 radical (unpaired) electrons. The maximum Gasteiger partial charge on any atom is 0.261 e. The van der Waals surface area contributed by atoms with Gasteiger partial charge in [0.1, 0.15) is 0 Å². The molecule has 2 aliphatic rings. The van der Waals surface area contributed by atoms with Gasteiger partial charge in [-0.25, -0.2) is 0 Å². The van der Waals surface area contributed by atoms with Crippen LogP contribution in [0.25, 0.3) is 0 Å². The predicted octanol–water partition coefficient (Wildman–Crippen LogP) is 4.33. The van der Waals surface area contributed by atoms with E-state index in [9.17, 15) is 14.4 Å². The molecule has 0 unspecified atom stereocenters. The standard InChI is InChI=1S/C28H27N3O3S/c32-26(29-25-9-5-4-8-22(25)19-30-14-16-35-17-15-30)21-10-11-23-24(18-21)28(34)31(27(23)33)13-12-20-6-2-1-3-7-20/h1-11,18H,12-17,19H2,(H,29,32). The molecule has 2 aliphatic heterocycles. The van der Waals surface area contributed by atoms with Crippen LogP contribution in [0.3, 0.4) is 0 Å². The zero-order valence-electron chi connectivity index (χ0n) is 19.4. The normalized spacial score (nSPS) is 15.8. The number of rotatable bonds is 7. The van der Waals surface area contributed by atoms with E-state index in [0.717, 1.165) is 48.0 Å². The topological polar surface area (TPSA) is 69.7 Å². The molecule has 0 aromatic heterocycles. The van der Waals surface area contributed by atoms with Crippen molar-refractivity contribution in [2.75, 3.05) is 36.5 Å². The van der Waals surface area contributed by atoms with E-state index >= 15 is 0 Å². The second-order valence-corrected chi connectivity index (χ2v) is 9.98. The lowest BCUT2D eigenvalue weighted by Crippen LogP contribution is -2.32. The molecule has 2 heterocycles. The molecular weight excluding hydrogens is 458 g/mol. The number of carbonyl (C=O) groups excluding carboxylic acids is 3. The number of anilines is 1. The molecule has 5 rings (SSSR count). The molecule has 7 heteroatoms. The summed E-state index contributed by atoms with van der Waals surface area (Å²) in [5.74, 6) is 1.30. The quantitative estimate of drug-likeness (QED) is 0.505. The lowest BCUT2D eigenvalue weighted by Gasteiger charge is -2.27. The summed E-state index contributed by atoms with van der Waals surface area (Å²) in [6, 6.07) is 22.3. The number of fused-ring (bicyclic) bond motifs is 1. The van der Waals surface area contributed by atoms with Crippen LogP contribution >= 0.6 is 11.8 Å². The maximum atomic E-state index is 13.1. The highest BCUT2D eigenvalue weighted by Gasteiger charge is 2.35. The lowest BCUT2D eigenvalue weighted by atomic mass is 10.0. The molecule has 0 saturated carbocycles. The maximum absolute atomic E-state index is 13.1. The van der Waals surface area contributed by atoms with Crippen LogP contribution in [0, 0.1) is 0 Å². The highest BCUT2D eigenvalue weighted by atomic mass is 32.2. The largest absolute Gasteiger partial charge is 0.322 e. The fourth-order valence-electron chi connectivity index (χ4n) is 4.50. The molecular formula is C28H27N3O3S. The van der Waals surface area contributed by atoms with Crippen LogP contribution in [-0.4, -0.2) is 58.7 Å². The Labute approximate surface area is 209 Å². The van der Waals surface area contributed by atoms with Crippen LogP contribution in [0.1, 0.15) is 42.2 Å². The summed E-state index contributed by atoms with van der Waals surface area (Å²) in [5.41, 5.74) is 3.89. The van der Waals surface area contributed by atoms with E-state index in [1.807, 2.05) is 66.4 Å². The van der Waals surface area contributed by atoms with E-state index in [0.29, 0.717) is 24.1 Å². The van der Waals surface area contributed by atoms with Gasteiger partial charge in [-0.1, -0.05) is 48.5 Å². The molecule has 3 aromatic carbocycles. The number of nitrogens with one attached hydrogen (secondary N) is 1. The predicted molar refractivity (Wildman–Crippen MR) is 139 cm³/mol. The fraction of sp³-hybridized carbons (Fsp3) is 0.250. The summed E-state index contributed by atoms with van der Waals surface area (Å²) in [7, 11) is 0. The SMILES string of the molecule is O=C(Nc1ccccc1CN1CCSCC1)c1ccc2c(c1)C(=O)N(CCc1ccccc1)C2=O. The van der Waals surface area contributed by atoms with E-state index in [2.05, 4.69) is 10.2 Å². The highest BCUT2D eigenvalue weighted by molar-refractivity contribution is 7.99. The van der Waals surface area contributed by atoms with Crippen molar-refractivity contribution < 1.29 is 14.4 Å². The van der Waals surface area contributed by atoms with Crippen LogP contribution in [0.4, 0.5) is 5.69 Å². The molecule has 35 heavy (non-hydrogen) atoms. The van der Waals surface area contributed by atoms with E-state index in [4.69, 9.17) is 0 Å². The molecule has 0 atom stereocenters. The number of hydrogen-bond acceptors (Lipinski definition) is 5. The van der Waals surface area contributed by atoms with Crippen LogP contribution in [0.2, 0.25) is 0 Å². The first kappa shape index (κ1) is 23.3. The van der Waals surface area contributed by atoms with Crippen molar-refractivity contribution >= 4 is 35.2 Å². The monoisotopic (exact) mass is 485 g/mol. The van der Waals surface area contributed by atoms with E-state index < -0.39 is 0 Å². The number of hydrogen-bond donors (Lipinski definition) is 1. The molecule has 0 bridgehead atoms. The van der Waals surface area contributed by atoms with Gasteiger partial charge in [-0.15, -0.1) is 0 Å². The molecule has 1 fully saturated rings. The smallest absolute Gasteiger partial charge is 0.261 e. The lowest BCUT2D eigenvalue weighted by molar-refractivity contribution is 0.0656. The molecule has 3 amide bonds. The minimum atomic E-state index is -0.348. The third-order valence-corrected chi connectivity index (χ3v) is 7.41. The minimum absolute atomic E-state index is 0.287. The molecule has 0 aliphatic carbocycles. The summed E-state index contributed by atoms with van der Waals surface area (Å²) >= 11 is 1.97. The number of nitrogens with zero attached hydrogens (tertiary/aromatic N) is 2. The Bertz CT molecular complexity index is 1260. The van der Waals surface area contributed by atoms with E-state index in [1.54, 1.807) is 12.1 Å². The molecule has 0 spiro atoms. The summed E-state index contributed by atoms with van der Waals surface area (Å²) < 4.78 is 0. The van der Waals surface area contributed by atoms with Gasteiger partial charge in [0.2, 0.25) is 0 Å². The van der Waals surface area contributed by atoms with Crippen molar-refractivity contribution in [1.82, 2.24) is 9.80 Å². The number of amides is 3. The number of carbonyl (C=O) groups is 3. The third kappa shape index (κ3) is 5.16. The van der Waals surface area contributed by atoms with Crippen LogP contribution in [0.15, 0.2) is 72.8 Å². The van der Waals surface area contributed by atoms with Gasteiger partial charge in [0.25, 0.3) is 17.7 Å². The van der Waals surface area contributed by atoms with Crippen LogP contribution < -0.4 is 5.32 Å². The molecule has 1 N–H and O–H groups in total. The summed E-state index contributed by atoms with van der Waals surface area (Å²) in [6.45, 7) is 3.16. The first-order valence-electron chi connectivity index (χ1n) is 11.8. The minimum Gasteiger partial charge on any atom is -0.322 e. The molecule has 1 saturated heterocycles. The van der Waals surface area contributed by atoms with Gasteiger partial charge in [0.05, 0.1) is 11.1 Å².